The van der Waals surface area contributed by atoms with E-state index in [1.807, 2.05) is 18.2 Å². The van der Waals surface area contributed by atoms with Crippen LogP contribution >= 0.6 is 23.4 Å². The van der Waals surface area contributed by atoms with Crippen LogP contribution < -0.4 is 10.1 Å². The molecule has 0 aromatic heterocycles. The van der Waals surface area contributed by atoms with Crippen molar-refractivity contribution in [2.24, 2.45) is 0 Å². The molecule has 0 saturated carbocycles. The van der Waals surface area contributed by atoms with Crippen LogP contribution in [0.4, 0.5) is 5.69 Å². The number of carbonyl (C=O) groups is 1. The molecule has 0 bridgehead atoms. The van der Waals surface area contributed by atoms with Crippen molar-refractivity contribution >= 4 is 34.8 Å². The third kappa shape index (κ3) is 2.07. The summed E-state index contributed by atoms with van der Waals surface area (Å²) in [4.78, 5) is 13.8. The minimum absolute atomic E-state index is 0.214. The molecule has 1 atom stereocenters. The Kier molecular flexibility index (Phi) is 3.40. The number of alkyl halides is 1. The highest BCUT2D eigenvalue weighted by Crippen LogP contribution is 2.46. The molecule has 4 nitrogen and oxygen atoms in total. The van der Waals surface area contributed by atoms with E-state index in [2.05, 4.69) is 5.32 Å². The van der Waals surface area contributed by atoms with Gasteiger partial charge in [-0.05, 0) is 18.2 Å². The van der Waals surface area contributed by atoms with Gasteiger partial charge in [0.05, 0.1) is 25.6 Å². The molecule has 1 aromatic rings. The monoisotopic (exact) mass is 309 g/mol. The molecule has 0 saturated heterocycles. The van der Waals surface area contributed by atoms with Gasteiger partial charge >= 0.3 is 0 Å². The van der Waals surface area contributed by atoms with E-state index in [0.717, 1.165) is 26.9 Å². The molecular formula is C14H12ClNO3S. The zero-order valence-electron chi connectivity index (χ0n) is 10.9. The number of halogens is 1. The van der Waals surface area contributed by atoms with Gasteiger partial charge in [0.15, 0.2) is 5.76 Å². The van der Waals surface area contributed by atoms with E-state index in [0.29, 0.717) is 0 Å². The predicted molar refractivity (Wildman–Crippen MR) is 79.2 cm³/mol. The second kappa shape index (κ2) is 5.07. The minimum atomic E-state index is -0.721. The van der Waals surface area contributed by atoms with Crippen molar-refractivity contribution in [2.75, 3.05) is 19.5 Å². The zero-order valence-corrected chi connectivity index (χ0v) is 12.5. The Morgan fingerprint density at radius 2 is 2.10 bits per heavy atom. The molecule has 1 N–H and O–H groups in total. The van der Waals surface area contributed by atoms with Gasteiger partial charge < -0.3 is 14.8 Å². The number of nitrogens with one attached hydrogen (secondary N) is 1. The molecule has 6 heteroatoms. The summed E-state index contributed by atoms with van der Waals surface area (Å²) in [7, 11) is 3.09. The first-order chi connectivity index (χ1) is 9.63. The Labute approximate surface area is 125 Å². The average molecular weight is 310 g/mol. The number of Topliss-reactive ketones (excluding diaryl/α,β-unsaturated/α-hetero) is 1. The molecule has 1 unspecified atom stereocenters. The maximum Gasteiger partial charge on any atom is 0.220 e. The number of fused-ring (bicyclic) bond motifs is 1. The summed E-state index contributed by atoms with van der Waals surface area (Å²) in [6.45, 7) is 0. The number of methoxy groups -OCH3 is 2. The largest absolute Gasteiger partial charge is 0.497 e. The number of allylic oxidation sites excluding steroid dienone is 3. The fourth-order valence-electron chi connectivity index (χ4n) is 2.10. The Morgan fingerprint density at radius 1 is 1.30 bits per heavy atom. The van der Waals surface area contributed by atoms with Gasteiger partial charge in [-0.1, -0.05) is 11.8 Å². The van der Waals surface area contributed by atoms with Crippen LogP contribution in [0.2, 0.25) is 0 Å². The Bertz CT molecular complexity index is 654. The summed E-state index contributed by atoms with van der Waals surface area (Å²) < 4.78 is 10.3. The van der Waals surface area contributed by atoms with E-state index >= 15 is 0 Å². The summed E-state index contributed by atoms with van der Waals surface area (Å²) in [5.41, 5.74) is 1.77. The van der Waals surface area contributed by atoms with Crippen LogP contribution in [-0.4, -0.2) is 25.4 Å². The topological polar surface area (TPSA) is 47.6 Å². The number of ketones is 1. The van der Waals surface area contributed by atoms with Gasteiger partial charge in [-0.15, -0.1) is 11.6 Å². The smallest absolute Gasteiger partial charge is 0.220 e. The van der Waals surface area contributed by atoms with E-state index in [9.17, 15) is 4.79 Å². The number of rotatable bonds is 2. The standard InChI is InChI=1S/C14H12ClNO3S/c1-18-7-3-4-8-11(5-7)20-14-9(16-8)6-10(19-2)13(17)12(14)15/h3-6,12,16H,1-2H3. The second-order valence-electron chi connectivity index (χ2n) is 4.31. The normalized spacial score (nSPS) is 20.6. The van der Waals surface area contributed by atoms with Crippen molar-refractivity contribution in [3.05, 3.63) is 40.6 Å². The molecular weight excluding hydrogens is 298 g/mol. The van der Waals surface area contributed by atoms with Gasteiger partial charge in [-0.2, -0.15) is 0 Å². The molecule has 1 aromatic carbocycles. The number of ether oxygens (including phenoxy) is 2. The van der Waals surface area contributed by atoms with Crippen LogP contribution in [0.25, 0.3) is 0 Å². The van der Waals surface area contributed by atoms with Crippen molar-refractivity contribution in [1.82, 2.24) is 0 Å². The summed E-state index contributed by atoms with van der Waals surface area (Å²) >= 11 is 7.71. The molecule has 0 spiro atoms. The van der Waals surface area contributed by atoms with Crippen molar-refractivity contribution in [1.29, 1.82) is 0 Å². The van der Waals surface area contributed by atoms with Crippen LogP contribution in [0.15, 0.2) is 45.5 Å². The van der Waals surface area contributed by atoms with E-state index in [-0.39, 0.29) is 11.5 Å². The maximum atomic E-state index is 12.0. The van der Waals surface area contributed by atoms with Crippen molar-refractivity contribution in [3.8, 4) is 5.75 Å². The maximum absolute atomic E-state index is 12.0. The number of thioether (sulfide) groups is 1. The molecule has 0 amide bonds. The van der Waals surface area contributed by atoms with Crippen molar-refractivity contribution < 1.29 is 14.3 Å². The Morgan fingerprint density at radius 3 is 2.80 bits per heavy atom. The lowest BCUT2D eigenvalue weighted by atomic mass is 10.1. The van der Waals surface area contributed by atoms with Gasteiger partial charge in [-0.3, -0.25) is 4.79 Å². The van der Waals surface area contributed by atoms with Crippen molar-refractivity contribution in [3.63, 3.8) is 0 Å². The number of anilines is 1. The molecule has 104 valence electrons. The fourth-order valence-corrected chi connectivity index (χ4v) is 3.53. The predicted octanol–water partition coefficient (Wildman–Crippen LogP) is 3.14. The lowest BCUT2D eigenvalue weighted by Crippen LogP contribution is -2.27. The number of hydrogen-bond donors (Lipinski definition) is 1. The second-order valence-corrected chi connectivity index (χ2v) is 5.83. The SMILES string of the molecule is COC1=CC2=C(Sc3cc(OC)ccc3N2)C(Cl)C1=O. The minimum Gasteiger partial charge on any atom is -0.497 e. The molecule has 0 fully saturated rings. The molecule has 1 aliphatic carbocycles. The summed E-state index contributed by atoms with van der Waals surface area (Å²) in [5.74, 6) is 0.825. The highest BCUT2D eigenvalue weighted by molar-refractivity contribution is 8.03. The van der Waals surface area contributed by atoms with Gasteiger partial charge in [0.25, 0.3) is 0 Å². The van der Waals surface area contributed by atoms with Crippen LogP contribution in [0.3, 0.4) is 0 Å². The van der Waals surface area contributed by atoms with Gasteiger partial charge in [0.2, 0.25) is 5.78 Å². The molecule has 3 rings (SSSR count). The summed E-state index contributed by atoms with van der Waals surface area (Å²) in [6, 6.07) is 5.73. The van der Waals surface area contributed by atoms with Gasteiger partial charge in [0, 0.05) is 15.9 Å². The fraction of sp³-hybridized carbons (Fsp3) is 0.214. The first kappa shape index (κ1) is 13.4. The molecule has 1 heterocycles. The third-order valence-corrected chi connectivity index (χ3v) is 4.92. The molecule has 20 heavy (non-hydrogen) atoms. The first-order valence-electron chi connectivity index (χ1n) is 5.95. The highest BCUT2D eigenvalue weighted by atomic mass is 35.5. The number of benzene rings is 1. The van der Waals surface area contributed by atoms with Crippen molar-refractivity contribution in [2.45, 2.75) is 10.3 Å². The molecule has 2 aliphatic rings. The Hall–Kier alpha value is -1.59. The molecule has 1 aliphatic heterocycles. The summed E-state index contributed by atoms with van der Waals surface area (Å²) in [6.07, 6.45) is 1.69. The van der Waals surface area contributed by atoms with Crippen LogP contribution in [-0.2, 0) is 9.53 Å². The average Bonchev–Trinajstić information content (AvgIpc) is 2.48. The lowest BCUT2D eigenvalue weighted by Gasteiger charge is -2.28. The highest BCUT2D eigenvalue weighted by Gasteiger charge is 2.34. The lowest BCUT2D eigenvalue weighted by molar-refractivity contribution is -0.117. The van der Waals surface area contributed by atoms with Gasteiger partial charge in [0.1, 0.15) is 11.1 Å². The van der Waals surface area contributed by atoms with Crippen LogP contribution in [0.5, 0.6) is 5.75 Å². The van der Waals surface area contributed by atoms with Crippen LogP contribution in [0.1, 0.15) is 0 Å². The first-order valence-corrected chi connectivity index (χ1v) is 7.20. The molecule has 0 radical (unpaired) electrons. The van der Waals surface area contributed by atoms with E-state index in [4.69, 9.17) is 21.1 Å². The van der Waals surface area contributed by atoms with Gasteiger partial charge in [-0.25, -0.2) is 0 Å². The Balaban J connectivity index is 2.02. The zero-order chi connectivity index (χ0) is 14.3. The quantitative estimate of drug-likeness (QED) is 0.850. The van der Waals surface area contributed by atoms with E-state index < -0.39 is 5.38 Å². The summed E-state index contributed by atoms with van der Waals surface area (Å²) in [5, 5.41) is 2.56. The van der Waals surface area contributed by atoms with E-state index in [1.165, 1.54) is 18.9 Å². The van der Waals surface area contributed by atoms with E-state index in [1.54, 1.807) is 13.2 Å². The number of hydrogen-bond acceptors (Lipinski definition) is 5. The van der Waals surface area contributed by atoms with Crippen LogP contribution in [0, 0.1) is 0 Å². The third-order valence-electron chi connectivity index (χ3n) is 3.14. The number of carbonyl (C=O) groups excluding carboxylic acids is 1.